The number of rotatable bonds is 6. The third-order valence-electron chi connectivity index (χ3n) is 4.92. The summed E-state index contributed by atoms with van der Waals surface area (Å²) >= 11 is 0. The first-order valence-electron chi connectivity index (χ1n) is 11.6. The molecule has 0 saturated heterocycles. The molecule has 7 heteroatoms. The van der Waals surface area contributed by atoms with E-state index in [0.717, 1.165) is 16.9 Å². The van der Waals surface area contributed by atoms with Crippen molar-refractivity contribution in [3.63, 3.8) is 0 Å². The third-order valence-corrected chi connectivity index (χ3v) is 10.3. The first-order chi connectivity index (χ1) is 14.8. The van der Waals surface area contributed by atoms with E-state index in [1.165, 1.54) is 11.1 Å². The molecule has 0 saturated carbocycles. The van der Waals surface area contributed by atoms with Crippen LogP contribution in [0.4, 0.5) is 11.4 Å². The molecule has 33 heavy (non-hydrogen) atoms. The van der Waals surface area contributed by atoms with Crippen molar-refractivity contribution >= 4 is 33.7 Å². The number of benzene rings is 2. The molecule has 0 N–H and O–H groups in total. The molecule has 2 aromatic rings. The van der Waals surface area contributed by atoms with Crippen LogP contribution in [-0.2, 0) is 24.2 Å². The Morgan fingerprint density at radius 2 is 1.42 bits per heavy atom. The van der Waals surface area contributed by atoms with Crippen molar-refractivity contribution in [1.29, 1.82) is 0 Å². The number of hydrogen-bond acceptors (Lipinski definition) is 2. The summed E-state index contributed by atoms with van der Waals surface area (Å²) in [6, 6.07) is 14.5. The fourth-order valence-corrected chi connectivity index (χ4v) is 11.8. The molecule has 0 unspecified atom stereocenters. The summed E-state index contributed by atoms with van der Waals surface area (Å²) in [5, 5.41) is 4.89. The fraction of sp³-hybridized carbons (Fsp3) is 0.500. The van der Waals surface area contributed by atoms with Gasteiger partial charge in [0.2, 0.25) is 5.90 Å². The van der Waals surface area contributed by atoms with Crippen LogP contribution in [0, 0.1) is 19.8 Å². The van der Waals surface area contributed by atoms with Gasteiger partial charge in [-0.2, -0.15) is 0 Å². The van der Waals surface area contributed by atoms with E-state index in [9.17, 15) is 0 Å². The monoisotopic (exact) mass is 531 g/mol. The molecule has 0 spiro atoms. The number of nitrogens with zero attached hydrogens (tertiary/aromatic N) is 3. The molecule has 0 bridgehead atoms. The van der Waals surface area contributed by atoms with E-state index in [4.69, 9.17) is 19.7 Å². The zero-order valence-electron chi connectivity index (χ0n) is 22.4. The van der Waals surface area contributed by atoms with Crippen LogP contribution in [0.5, 0.6) is 0 Å². The average molecular weight is 533 g/mol. The third kappa shape index (κ3) is 9.85. The predicted octanol–water partition coefficient (Wildman–Crippen LogP) is 8.47. The van der Waals surface area contributed by atoms with Crippen molar-refractivity contribution in [3.05, 3.63) is 69.1 Å². The molecule has 1 aliphatic heterocycles. The Kier molecular flexibility index (Phi) is 11.2. The van der Waals surface area contributed by atoms with Crippen LogP contribution in [0.3, 0.4) is 0 Å². The Balaban J connectivity index is 0.000000467. The second-order valence-corrected chi connectivity index (χ2v) is 20.5. The SMILES string of the molecule is C[Si](C)(C)[N-][Si](C)(C)C.Cc1cccc(C)c1[N-]c1ccccc1C1=N[C@@H](C(C)C)CO1.[Zn+2]. The Labute approximate surface area is 217 Å². The molecule has 4 nitrogen and oxygen atoms in total. The molecule has 0 aliphatic carbocycles. The van der Waals surface area contributed by atoms with Gasteiger partial charge in [-0.1, -0.05) is 123 Å². The summed E-state index contributed by atoms with van der Waals surface area (Å²) in [6.07, 6.45) is 0. The second kappa shape index (κ2) is 12.4. The Bertz CT molecular complexity index is 902. The smallest absolute Gasteiger partial charge is 0.668 e. The minimum atomic E-state index is -1.11. The van der Waals surface area contributed by atoms with Crippen LogP contribution in [0.2, 0.25) is 39.3 Å². The molecule has 176 valence electrons. The van der Waals surface area contributed by atoms with E-state index in [1.54, 1.807) is 0 Å². The van der Waals surface area contributed by atoms with Gasteiger partial charge in [0.25, 0.3) is 0 Å². The van der Waals surface area contributed by atoms with Crippen molar-refractivity contribution in [2.45, 2.75) is 73.0 Å². The second-order valence-electron chi connectivity index (χ2n) is 10.9. The van der Waals surface area contributed by atoms with Gasteiger partial charge in [0.1, 0.15) is 6.61 Å². The Morgan fingerprint density at radius 3 is 1.88 bits per heavy atom. The minimum Gasteiger partial charge on any atom is -0.668 e. The van der Waals surface area contributed by atoms with Gasteiger partial charge in [-0.05, 0) is 19.8 Å². The van der Waals surface area contributed by atoms with Crippen molar-refractivity contribution in [1.82, 2.24) is 0 Å². The van der Waals surface area contributed by atoms with Crippen molar-refractivity contribution in [2.75, 3.05) is 6.61 Å². The molecular formula is C26H41N3OSi2Zn. The molecule has 3 rings (SSSR count). The number of ether oxygens (including phenoxy) is 1. The summed E-state index contributed by atoms with van der Waals surface area (Å²) in [6.45, 7) is 23.0. The van der Waals surface area contributed by atoms with E-state index in [0.29, 0.717) is 18.4 Å². The Hall–Kier alpha value is -1.27. The van der Waals surface area contributed by atoms with Gasteiger partial charge in [0.05, 0.1) is 6.04 Å². The van der Waals surface area contributed by atoms with Crippen molar-refractivity contribution < 1.29 is 24.2 Å². The molecule has 1 atom stereocenters. The summed E-state index contributed by atoms with van der Waals surface area (Å²) in [5.41, 5.74) is 5.26. The number of aryl methyl sites for hydroxylation is 2. The van der Waals surface area contributed by atoms with Crippen LogP contribution < -0.4 is 0 Å². The predicted molar refractivity (Wildman–Crippen MR) is 146 cm³/mol. The molecule has 0 amide bonds. The number of para-hydroxylation sites is 2. The molecular weight excluding hydrogens is 492 g/mol. The van der Waals surface area contributed by atoms with Gasteiger partial charge in [-0.15, -0.1) is 11.4 Å². The zero-order valence-corrected chi connectivity index (χ0v) is 27.3. The average Bonchev–Trinajstić information content (AvgIpc) is 3.13. The molecule has 2 aromatic carbocycles. The van der Waals surface area contributed by atoms with Gasteiger partial charge >= 0.3 is 19.5 Å². The van der Waals surface area contributed by atoms with Crippen molar-refractivity contribution in [2.24, 2.45) is 10.9 Å². The standard InChI is InChI=1S/C20H23N2O.C6H18NSi2.Zn/c1-13(2)18-12-23-20(22-18)16-10-5-6-11-17(16)21-19-14(3)8-7-9-15(19)4;1-8(2,3)7-9(4,5)6;/h5-11,13,18H,12H2,1-4H3;1-6H3;/q2*-1;+2/t18-;;/m1../s1. The fourth-order valence-electron chi connectivity index (χ4n) is 3.74. The van der Waals surface area contributed by atoms with Gasteiger partial charge in [0, 0.05) is 5.56 Å². The molecule has 0 radical (unpaired) electrons. The molecule has 1 aliphatic rings. The van der Waals surface area contributed by atoms with Crippen LogP contribution in [0.15, 0.2) is 47.5 Å². The van der Waals surface area contributed by atoms with Gasteiger partial charge in [0.15, 0.2) is 0 Å². The molecule has 0 aromatic heterocycles. The topological polar surface area (TPSA) is 49.8 Å². The van der Waals surface area contributed by atoms with Gasteiger partial charge in [-0.25, -0.2) is 4.99 Å². The summed E-state index contributed by atoms with van der Waals surface area (Å²) in [4.78, 5) is 4.74. The minimum absolute atomic E-state index is 0. The first-order valence-corrected chi connectivity index (χ1v) is 18.5. The summed E-state index contributed by atoms with van der Waals surface area (Å²) in [7, 11) is -2.21. The van der Waals surface area contributed by atoms with E-state index < -0.39 is 16.5 Å². The normalized spacial score (nSPS) is 15.7. The maximum Gasteiger partial charge on any atom is 2.00 e. The molecule has 1 heterocycles. The van der Waals surface area contributed by atoms with Crippen LogP contribution in [-0.4, -0.2) is 35.0 Å². The van der Waals surface area contributed by atoms with E-state index in [-0.39, 0.29) is 25.5 Å². The summed E-state index contributed by atoms with van der Waals surface area (Å²) < 4.78 is 10.7. The van der Waals surface area contributed by atoms with Crippen LogP contribution >= 0.6 is 0 Å². The number of aliphatic imine (C=N–C) groups is 1. The largest absolute Gasteiger partial charge is 2.00 e. The summed E-state index contributed by atoms with van der Waals surface area (Å²) in [5.74, 6) is 1.20. The van der Waals surface area contributed by atoms with E-state index >= 15 is 0 Å². The molecule has 0 fully saturated rings. The van der Waals surface area contributed by atoms with Gasteiger partial charge in [-0.3, -0.25) is 0 Å². The van der Waals surface area contributed by atoms with E-state index in [1.807, 2.05) is 24.3 Å². The first kappa shape index (κ1) is 29.8. The van der Waals surface area contributed by atoms with Crippen LogP contribution in [0.1, 0.15) is 30.5 Å². The zero-order chi connectivity index (χ0) is 24.1. The van der Waals surface area contributed by atoms with Gasteiger partial charge < -0.3 is 14.7 Å². The maximum atomic E-state index is 5.84. The Morgan fingerprint density at radius 1 is 0.879 bits per heavy atom. The van der Waals surface area contributed by atoms with Crippen molar-refractivity contribution in [3.8, 4) is 0 Å². The van der Waals surface area contributed by atoms with E-state index in [2.05, 4.69) is 85.2 Å². The quantitative estimate of drug-likeness (QED) is 0.344. The number of hydrogen-bond donors (Lipinski definition) is 0. The maximum absolute atomic E-state index is 5.84. The van der Waals surface area contributed by atoms with Crippen LogP contribution in [0.25, 0.3) is 9.96 Å².